The predicted octanol–water partition coefficient (Wildman–Crippen LogP) is 5.28. The maximum atomic E-state index is 13.4. The molecule has 0 aliphatic carbocycles. The van der Waals surface area contributed by atoms with Crippen molar-refractivity contribution in [2.45, 2.75) is 4.90 Å². The van der Waals surface area contributed by atoms with Crippen molar-refractivity contribution in [3.05, 3.63) is 88.6 Å². The third-order valence-electron chi connectivity index (χ3n) is 4.52. The summed E-state index contributed by atoms with van der Waals surface area (Å²) in [5.41, 5.74) is 2.32. The van der Waals surface area contributed by atoms with Crippen LogP contribution in [0.25, 0.3) is 21.7 Å². The van der Waals surface area contributed by atoms with Crippen molar-refractivity contribution < 1.29 is 17.6 Å². The lowest BCUT2D eigenvalue weighted by molar-refractivity contribution is 0.102. The summed E-state index contributed by atoms with van der Waals surface area (Å²) in [6.07, 6.45) is 0. The van der Waals surface area contributed by atoms with Crippen LogP contribution in [0.3, 0.4) is 0 Å². The van der Waals surface area contributed by atoms with Crippen molar-refractivity contribution >= 4 is 48.3 Å². The second-order valence-electron chi connectivity index (χ2n) is 6.73. The number of primary sulfonamides is 1. The van der Waals surface area contributed by atoms with Crippen LogP contribution >= 0.6 is 27.3 Å². The molecule has 0 spiro atoms. The fourth-order valence-corrected chi connectivity index (χ4v) is 4.71. The SMILES string of the molecule is NS(=O)(=O)c1ccc(-c2sc(NC(=O)c3ccc(Br)cc3)nc2-c2ccc(F)cc2)cc1. The molecule has 0 saturated carbocycles. The fourth-order valence-electron chi connectivity index (χ4n) is 2.94. The number of carbonyl (C=O) groups excluding carboxylic acids is 1. The quantitative estimate of drug-likeness (QED) is 0.365. The van der Waals surface area contributed by atoms with Gasteiger partial charge in [-0.3, -0.25) is 10.1 Å². The number of hydrogen-bond donors (Lipinski definition) is 2. The van der Waals surface area contributed by atoms with Crippen LogP contribution in [0.5, 0.6) is 0 Å². The number of halogens is 2. The molecule has 3 aromatic carbocycles. The van der Waals surface area contributed by atoms with E-state index in [1.54, 1.807) is 48.5 Å². The van der Waals surface area contributed by atoms with Gasteiger partial charge in [-0.05, 0) is 66.2 Å². The first-order valence-corrected chi connectivity index (χ1v) is 12.3. The molecule has 4 rings (SSSR count). The van der Waals surface area contributed by atoms with Gasteiger partial charge in [0.1, 0.15) is 5.82 Å². The molecule has 1 amide bonds. The molecular weight excluding hydrogens is 517 g/mol. The van der Waals surface area contributed by atoms with Crippen LogP contribution < -0.4 is 10.5 Å². The summed E-state index contributed by atoms with van der Waals surface area (Å²) >= 11 is 4.56. The van der Waals surface area contributed by atoms with Gasteiger partial charge in [0, 0.05) is 15.6 Å². The lowest BCUT2D eigenvalue weighted by atomic mass is 10.1. The molecule has 32 heavy (non-hydrogen) atoms. The third kappa shape index (κ3) is 4.94. The number of nitrogens with one attached hydrogen (secondary N) is 1. The largest absolute Gasteiger partial charge is 0.298 e. The summed E-state index contributed by atoms with van der Waals surface area (Å²) in [6.45, 7) is 0. The van der Waals surface area contributed by atoms with E-state index in [0.717, 1.165) is 4.47 Å². The average molecular weight is 532 g/mol. The molecule has 0 bridgehead atoms. The smallest absolute Gasteiger partial charge is 0.257 e. The van der Waals surface area contributed by atoms with Crippen LogP contribution in [-0.2, 0) is 10.0 Å². The second kappa shape index (κ2) is 8.91. The molecule has 1 heterocycles. The minimum Gasteiger partial charge on any atom is -0.298 e. The van der Waals surface area contributed by atoms with E-state index in [9.17, 15) is 17.6 Å². The van der Waals surface area contributed by atoms with Gasteiger partial charge in [0.2, 0.25) is 10.0 Å². The van der Waals surface area contributed by atoms with Crippen molar-refractivity contribution in [2.24, 2.45) is 5.14 Å². The molecule has 0 aliphatic rings. The Morgan fingerprint density at radius 1 is 0.938 bits per heavy atom. The zero-order valence-corrected chi connectivity index (χ0v) is 19.5. The third-order valence-corrected chi connectivity index (χ3v) is 6.99. The van der Waals surface area contributed by atoms with Crippen LogP contribution in [0.15, 0.2) is 82.2 Å². The molecule has 1 aromatic heterocycles. The molecular formula is C22H15BrFN3O3S2. The van der Waals surface area contributed by atoms with E-state index in [2.05, 4.69) is 26.2 Å². The van der Waals surface area contributed by atoms with Gasteiger partial charge in [-0.25, -0.2) is 22.9 Å². The number of benzene rings is 3. The van der Waals surface area contributed by atoms with Crippen molar-refractivity contribution in [3.8, 4) is 21.7 Å². The number of sulfonamides is 1. The summed E-state index contributed by atoms with van der Waals surface area (Å²) in [7, 11) is -3.83. The maximum Gasteiger partial charge on any atom is 0.257 e. The molecule has 10 heteroatoms. The summed E-state index contributed by atoms with van der Waals surface area (Å²) < 4.78 is 37.4. The van der Waals surface area contributed by atoms with Crippen LogP contribution in [0.1, 0.15) is 10.4 Å². The molecule has 0 fully saturated rings. The molecule has 162 valence electrons. The molecule has 4 aromatic rings. The lowest BCUT2D eigenvalue weighted by Gasteiger charge is -2.04. The molecule has 0 aliphatic heterocycles. The summed E-state index contributed by atoms with van der Waals surface area (Å²) in [5.74, 6) is -0.708. The summed E-state index contributed by atoms with van der Waals surface area (Å²) in [6, 6.07) is 18.7. The fraction of sp³-hybridized carbons (Fsp3) is 0. The molecule has 0 unspecified atom stereocenters. The highest BCUT2D eigenvalue weighted by molar-refractivity contribution is 9.10. The van der Waals surface area contributed by atoms with E-state index in [1.807, 2.05) is 0 Å². The molecule has 6 nitrogen and oxygen atoms in total. The number of thiazole rings is 1. The lowest BCUT2D eigenvalue weighted by Crippen LogP contribution is -2.11. The first kappa shape index (κ1) is 22.3. The highest BCUT2D eigenvalue weighted by Crippen LogP contribution is 2.39. The minimum atomic E-state index is -3.83. The van der Waals surface area contributed by atoms with E-state index in [4.69, 9.17) is 5.14 Å². The second-order valence-corrected chi connectivity index (χ2v) is 10.2. The zero-order valence-electron chi connectivity index (χ0n) is 16.2. The Labute approximate surface area is 196 Å². The maximum absolute atomic E-state index is 13.4. The summed E-state index contributed by atoms with van der Waals surface area (Å²) in [5, 5.41) is 8.32. The topological polar surface area (TPSA) is 102 Å². The number of nitrogens with zero attached hydrogens (tertiary/aromatic N) is 1. The Morgan fingerprint density at radius 2 is 1.53 bits per heavy atom. The highest BCUT2D eigenvalue weighted by atomic mass is 79.9. The number of carbonyl (C=O) groups is 1. The molecule has 0 radical (unpaired) electrons. The Kier molecular flexibility index (Phi) is 6.20. The van der Waals surface area contributed by atoms with E-state index < -0.39 is 10.0 Å². The highest BCUT2D eigenvalue weighted by Gasteiger charge is 2.18. The number of anilines is 1. The Hall–Kier alpha value is -2.92. The monoisotopic (exact) mass is 531 g/mol. The number of hydrogen-bond acceptors (Lipinski definition) is 5. The predicted molar refractivity (Wildman–Crippen MR) is 126 cm³/mol. The van der Waals surface area contributed by atoms with Crippen molar-refractivity contribution in [1.29, 1.82) is 0 Å². The van der Waals surface area contributed by atoms with E-state index in [1.165, 1.54) is 35.6 Å². The van der Waals surface area contributed by atoms with Crippen LogP contribution in [0.4, 0.5) is 9.52 Å². The standard InChI is InChI=1S/C22H15BrFN3O3S2/c23-16-7-1-15(2-8-16)21(28)27-22-26-19(13-3-9-17(24)10-4-13)20(31-22)14-5-11-18(12-6-14)32(25,29)30/h1-12H,(H2,25,29,30)(H,26,27,28). The van der Waals surface area contributed by atoms with Gasteiger partial charge in [-0.15, -0.1) is 0 Å². The van der Waals surface area contributed by atoms with Gasteiger partial charge < -0.3 is 0 Å². The van der Waals surface area contributed by atoms with Crippen LogP contribution in [-0.4, -0.2) is 19.3 Å². The van der Waals surface area contributed by atoms with E-state index >= 15 is 0 Å². The Bertz CT molecular complexity index is 1390. The van der Waals surface area contributed by atoms with Gasteiger partial charge in [-0.2, -0.15) is 0 Å². The number of aromatic nitrogens is 1. The summed E-state index contributed by atoms with van der Waals surface area (Å²) in [4.78, 5) is 17.8. The van der Waals surface area contributed by atoms with E-state index in [0.29, 0.717) is 32.4 Å². The van der Waals surface area contributed by atoms with E-state index in [-0.39, 0.29) is 16.6 Å². The molecule has 0 atom stereocenters. The Morgan fingerprint density at radius 3 is 2.12 bits per heavy atom. The van der Waals surface area contributed by atoms with Crippen molar-refractivity contribution in [3.63, 3.8) is 0 Å². The van der Waals surface area contributed by atoms with Crippen LogP contribution in [0, 0.1) is 5.82 Å². The number of amides is 1. The molecule has 0 saturated heterocycles. The average Bonchev–Trinajstić information content (AvgIpc) is 3.18. The normalized spacial score (nSPS) is 11.3. The van der Waals surface area contributed by atoms with Gasteiger partial charge in [0.05, 0.1) is 15.5 Å². The van der Waals surface area contributed by atoms with Crippen molar-refractivity contribution in [1.82, 2.24) is 4.98 Å². The first-order chi connectivity index (χ1) is 15.2. The first-order valence-electron chi connectivity index (χ1n) is 9.17. The van der Waals surface area contributed by atoms with Gasteiger partial charge in [-0.1, -0.05) is 39.4 Å². The molecule has 3 N–H and O–H groups in total. The van der Waals surface area contributed by atoms with Gasteiger partial charge in [0.25, 0.3) is 5.91 Å². The number of rotatable bonds is 5. The van der Waals surface area contributed by atoms with Gasteiger partial charge in [0.15, 0.2) is 5.13 Å². The minimum absolute atomic E-state index is 0.0159. The van der Waals surface area contributed by atoms with Gasteiger partial charge >= 0.3 is 0 Å². The van der Waals surface area contributed by atoms with Crippen LogP contribution in [0.2, 0.25) is 0 Å². The van der Waals surface area contributed by atoms with Crippen molar-refractivity contribution in [2.75, 3.05) is 5.32 Å². The Balaban J connectivity index is 1.74. The zero-order chi connectivity index (χ0) is 22.9. The number of nitrogens with two attached hydrogens (primary N) is 1.